The first kappa shape index (κ1) is 13.3. The first-order valence-corrected chi connectivity index (χ1v) is 5.27. The van der Waals surface area contributed by atoms with E-state index in [1.165, 1.54) is 0 Å². The highest BCUT2D eigenvalue weighted by atomic mass is 14.9. The molecule has 0 aliphatic carbocycles. The van der Waals surface area contributed by atoms with Gasteiger partial charge in [0, 0.05) is 0 Å². The van der Waals surface area contributed by atoms with Gasteiger partial charge < -0.3 is 11.5 Å². The molecule has 0 fully saturated rings. The van der Waals surface area contributed by atoms with Crippen molar-refractivity contribution in [2.75, 3.05) is 13.3 Å². The minimum absolute atomic E-state index is 0.336. The van der Waals surface area contributed by atoms with Crippen LogP contribution in [-0.2, 0) is 0 Å². The summed E-state index contributed by atoms with van der Waals surface area (Å²) >= 11 is 0. The molecule has 0 rings (SSSR count). The summed E-state index contributed by atoms with van der Waals surface area (Å²) in [5, 5.41) is 0. The van der Waals surface area contributed by atoms with Gasteiger partial charge in [-0.05, 0) is 12.8 Å². The Hall–Kier alpha value is -0.740. The molecule has 0 spiro atoms. The van der Waals surface area contributed by atoms with Crippen LogP contribution >= 0.6 is 0 Å². The van der Waals surface area contributed by atoms with Crippen molar-refractivity contribution < 1.29 is 0 Å². The van der Waals surface area contributed by atoms with E-state index in [9.17, 15) is 0 Å². The van der Waals surface area contributed by atoms with Crippen molar-refractivity contribution in [3.63, 3.8) is 0 Å². The second kappa shape index (κ2) is 8.84. The maximum atomic E-state index is 5.42. The summed E-state index contributed by atoms with van der Waals surface area (Å²) in [6, 6.07) is 0. The van der Waals surface area contributed by atoms with Crippen LogP contribution in [0.2, 0.25) is 0 Å². The molecule has 0 amide bonds. The lowest BCUT2D eigenvalue weighted by Crippen LogP contribution is -2.18. The SMILES string of the molecule is CCCC(=N\CN)/C(CCC)=N/CN. The third-order valence-corrected chi connectivity index (χ3v) is 1.87. The second-order valence-corrected chi connectivity index (χ2v) is 3.07. The monoisotopic (exact) mass is 198 g/mol. The molecule has 0 aliphatic heterocycles. The summed E-state index contributed by atoms with van der Waals surface area (Å²) in [7, 11) is 0. The third-order valence-electron chi connectivity index (χ3n) is 1.87. The predicted octanol–water partition coefficient (Wildman–Crippen LogP) is 1.30. The number of aliphatic imine (C=N–C) groups is 2. The van der Waals surface area contributed by atoms with E-state index >= 15 is 0 Å². The molecule has 0 saturated carbocycles. The highest BCUT2D eigenvalue weighted by Gasteiger charge is 2.06. The molecule has 14 heavy (non-hydrogen) atoms. The number of hydrogen-bond acceptors (Lipinski definition) is 4. The lowest BCUT2D eigenvalue weighted by atomic mass is 10.1. The van der Waals surface area contributed by atoms with Crippen molar-refractivity contribution in [2.24, 2.45) is 21.5 Å². The smallest absolute Gasteiger partial charge is 0.0863 e. The fourth-order valence-corrected chi connectivity index (χ4v) is 1.32. The fourth-order valence-electron chi connectivity index (χ4n) is 1.32. The van der Waals surface area contributed by atoms with Gasteiger partial charge in [0.05, 0.1) is 24.8 Å². The van der Waals surface area contributed by atoms with Gasteiger partial charge in [0.1, 0.15) is 0 Å². The van der Waals surface area contributed by atoms with E-state index in [1.807, 2.05) is 0 Å². The Labute approximate surface area is 86.5 Å². The van der Waals surface area contributed by atoms with E-state index in [1.54, 1.807) is 0 Å². The molecule has 0 aromatic heterocycles. The second-order valence-electron chi connectivity index (χ2n) is 3.07. The first-order chi connectivity index (χ1) is 6.79. The lowest BCUT2D eigenvalue weighted by molar-refractivity contribution is 0.944. The molecule has 0 atom stereocenters. The van der Waals surface area contributed by atoms with Gasteiger partial charge in [-0.15, -0.1) is 0 Å². The average molecular weight is 198 g/mol. The van der Waals surface area contributed by atoms with Crippen molar-refractivity contribution in [1.82, 2.24) is 0 Å². The van der Waals surface area contributed by atoms with Crippen LogP contribution in [0.3, 0.4) is 0 Å². The van der Waals surface area contributed by atoms with Crippen LogP contribution in [0.15, 0.2) is 9.98 Å². The molecule has 0 unspecified atom stereocenters. The molecule has 0 aromatic rings. The van der Waals surface area contributed by atoms with Gasteiger partial charge in [0.15, 0.2) is 0 Å². The standard InChI is InChI=1S/C10H22N4/c1-3-5-9(13-7-11)10(6-4-2)14-8-12/h3-8,11-12H2,1-2H3/b13-9+,14-10+. The number of hydrogen-bond donors (Lipinski definition) is 2. The van der Waals surface area contributed by atoms with Crippen LogP contribution in [0.5, 0.6) is 0 Å². The van der Waals surface area contributed by atoms with Gasteiger partial charge in [-0.1, -0.05) is 26.7 Å². The summed E-state index contributed by atoms with van der Waals surface area (Å²) in [5.74, 6) is 0. The minimum atomic E-state index is 0.336. The molecule has 0 aliphatic rings. The van der Waals surface area contributed by atoms with Gasteiger partial charge in [0.2, 0.25) is 0 Å². The van der Waals surface area contributed by atoms with Gasteiger partial charge >= 0.3 is 0 Å². The molecular formula is C10H22N4. The molecule has 4 nitrogen and oxygen atoms in total. The maximum absolute atomic E-state index is 5.42. The molecular weight excluding hydrogens is 176 g/mol. The molecule has 0 heterocycles. The Morgan fingerprint density at radius 3 is 1.43 bits per heavy atom. The number of nitrogens with zero attached hydrogens (tertiary/aromatic N) is 2. The van der Waals surface area contributed by atoms with Gasteiger partial charge in [-0.2, -0.15) is 0 Å². The van der Waals surface area contributed by atoms with E-state index in [2.05, 4.69) is 23.8 Å². The Morgan fingerprint density at radius 1 is 0.857 bits per heavy atom. The molecule has 4 N–H and O–H groups in total. The Balaban J connectivity index is 4.55. The van der Waals surface area contributed by atoms with E-state index in [0.29, 0.717) is 13.3 Å². The molecule has 0 bridgehead atoms. The van der Waals surface area contributed by atoms with Crippen molar-refractivity contribution >= 4 is 11.4 Å². The fraction of sp³-hybridized carbons (Fsp3) is 0.800. The highest BCUT2D eigenvalue weighted by molar-refractivity contribution is 6.42. The van der Waals surface area contributed by atoms with E-state index < -0.39 is 0 Å². The van der Waals surface area contributed by atoms with Crippen LogP contribution in [-0.4, -0.2) is 24.8 Å². The Bertz CT molecular complexity index is 174. The van der Waals surface area contributed by atoms with E-state index in [-0.39, 0.29) is 0 Å². The molecule has 0 aromatic carbocycles. The number of rotatable bonds is 7. The quantitative estimate of drug-likeness (QED) is 0.605. The van der Waals surface area contributed by atoms with Gasteiger partial charge in [0.25, 0.3) is 0 Å². The summed E-state index contributed by atoms with van der Waals surface area (Å²) in [5.41, 5.74) is 12.9. The van der Waals surface area contributed by atoms with Crippen molar-refractivity contribution in [3.8, 4) is 0 Å². The van der Waals surface area contributed by atoms with Crippen LogP contribution in [0.4, 0.5) is 0 Å². The Kier molecular flexibility index (Phi) is 8.37. The van der Waals surface area contributed by atoms with Crippen molar-refractivity contribution in [1.29, 1.82) is 0 Å². The molecule has 82 valence electrons. The lowest BCUT2D eigenvalue weighted by Gasteiger charge is -2.07. The summed E-state index contributed by atoms with van der Waals surface area (Å²) < 4.78 is 0. The van der Waals surface area contributed by atoms with Crippen LogP contribution in [0, 0.1) is 0 Å². The van der Waals surface area contributed by atoms with Gasteiger partial charge in [-0.3, -0.25) is 9.98 Å². The summed E-state index contributed by atoms with van der Waals surface area (Å²) in [6.07, 6.45) is 4.00. The predicted molar refractivity (Wildman–Crippen MR) is 62.8 cm³/mol. The zero-order chi connectivity index (χ0) is 10.8. The normalized spacial score (nSPS) is 13.4. The van der Waals surface area contributed by atoms with E-state index in [0.717, 1.165) is 37.1 Å². The zero-order valence-corrected chi connectivity index (χ0v) is 9.29. The average Bonchev–Trinajstić information content (AvgIpc) is 2.17. The maximum Gasteiger partial charge on any atom is 0.0863 e. The first-order valence-electron chi connectivity index (χ1n) is 5.27. The highest BCUT2D eigenvalue weighted by Crippen LogP contribution is 2.02. The van der Waals surface area contributed by atoms with Crippen LogP contribution in [0.25, 0.3) is 0 Å². The minimum Gasteiger partial charge on any atom is -0.312 e. The summed E-state index contributed by atoms with van der Waals surface area (Å²) in [6.45, 7) is 4.92. The van der Waals surface area contributed by atoms with Crippen LogP contribution in [0.1, 0.15) is 39.5 Å². The largest absolute Gasteiger partial charge is 0.312 e. The molecule has 0 radical (unpaired) electrons. The van der Waals surface area contributed by atoms with Crippen molar-refractivity contribution in [3.05, 3.63) is 0 Å². The number of nitrogens with two attached hydrogens (primary N) is 2. The Morgan fingerprint density at radius 2 is 1.21 bits per heavy atom. The van der Waals surface area contributed by atoms with E-state index in [4.69, 9.17) is 11.5 Å². The molecule has 4 heteroatoms. The zero-order valence-electron chi connectivity index (χ0n) is 9.29. The third kappa shape index (κ3) is 5.09. The van der Waals surface area contributed by atoms with Crippen molar-refractivity contribution in [2.45, 2.75) is 39.5 Å². The molecule has 0 saturated heterocycles. The van der Waals surface area contributed by atoms with Gasteiger partial charge in [-0.25, -0.2) is 0 Å². The summed E-state index contributed by atoms with van der Waals surface area (Å²) in [4.78, 5) is 8.52. The van der Waals surface area contributed by atoms with Crippen LogP contribution < -0.4 is 11.5 Å². The topological polar surface area (TPSA) is 76.8 Å².